The molecular formula is C52H30O8. The van der Waals surface area contributed by atoms with E-state index < -0.39 is 23.9 Å². The number of ether oxygens (including phenoxy) is 4. The Bertz CT molecular complexity index is 2830. The van der Waals surface area contributed by atoms with Crippen molar-refractivity contribution in [2.24, 2.45) is 0 Å². The highest BCUT2D eigenvalue weighted by molar-refractivity contribution is 6.11. The minimum Gasteiger partial charge on any atom is -0.423 e. The summed E-state index contributed by atoms with van der Waals surface area (Å²) in [6.07, 6.45) is 0. The third-order valence-electron chi connectivity index (χ3n) is 9.20. The highest BCUT2D eigenvalue weighted by Gasteiger charge is 2.21. The van der Waals surface area contributed by atoms with Crippen LogP contribution >= 0.6 is 0 Å². The molecule has 0 N–H and O–H groups in total. The van der Waals surface area contributed by atoms with Gasteiger partial charge in [0.15, 0.2) is 0 Å². The maximum absolute atomic E-state index is 13.4. The molecule has 8 rings (SSSR count). The first-order valence-electron chi connectivity index (χ1n) is 18.6. The van der Waals surface area contributed by atoms with Gasteiger partial charge in [-0.3, -0.25) is 0 Å². The van der Waals surface area contributed by atoms with Crippen LogP contribution in [-0.2, 0) is 9.59 Å². The molecule has 8 nitrogen and oxygen atoms in total. The largest absolute Gasteiger partial charge is 0.423 e. The first kappa shape index (κ1) is 38.2. The van der Waals surface area contributed by atoms with Gasteiger partial charge in [0.2, 0.25) is 0 Å². The number of benzene rings is 8. The molecule has 8 aromatic carbocycles. The average molecular weight is 783 g/mol. The monoisotopic (exact) mass is 782 g/mol. The number of hydrogen-bond acceptors (Lipinski definition) is 8. The van der Waals surface area contributed by atoms with Crippen molar-refractivity contribution in [3.05, 3.63) is 204 Å². The lowest BCUT2D eigenvalue weighted by Crippen LogP contribution is -2.08. The molecule has 0 amide bonds. The van der Waals surface area contributed by atoms with Gasteiger partial charge < -0.3 is 18.9 Å². The van der Waals surface area contributed by atoms with Crippen LogP contribution in [0, 0.1) is 23.7 Å². The minimum absolute atomic E-state index is 0.198. The fourth-order valence-corrected chi connectivity index (χ4v) is 6.38. The summed E-state index contributed by atoms with van der Waals surface area (Å²) in [4.78, 5) is 51.6. The summed E-state index contributed by atoms with van der Waals surface area (Å²) in [5.41, 5.74) is 2.87. The van der Waals surface area contributed by atoms with Crippen LogP contribution in [0.2, 0.25) is 0 Å². The first-order chi connectivity index (χ1) is 29.4. The number of hydrogen-bond donors (Lipinski definition) is 0. The van der Waals surface area contributed by atoms with Crippen LogP contribution in [0.15, 0.2) is 182 Å². The van der Waals surface area contributed by atoms with Gasteiger partial charge in [-0.25, -0.2) is 19.2 Å². The zero-order valence-electron chi connectivity index (χ0n) is 31.6. The summed E-state index contributed by atoms with van der Waals surface area (Å²) in [7, 11) is 0. The summed E-state index contributed by atoms with van der Waals surface area (Å²) in [6.45, 7) is 0. The Kier molecular flexibility index (Phi) is 11.2. The third kappa shape index (κ3) is 8.95. The van der Waals surface area contributed by atoms with E-state index in [0.29, 0.717) is 44.9 Å². The molecule has 8 heteroatoms. The topological polar surface area (TPSA) is 105 Å². The Morgan fingerprint density at radius 2 is 0.717 bits per heavy atom. The number of fused-ring (bicyclic) bond motifs is 2. The van der Waals surface area contributed by atoms with E-state index in [2.05, 4.69) is 23.7 Å². The number of rotatable bonds is 7. The Labute approximate surface area is 344 Å². The molecule has 0 aliphatic heterocycles. The molecule has 0 fully saturated rings. The van der Waals surface area contributed by atoms with Gasteiger partial charge in [-0.15, -0.1) is 0 Å². The van der Waals surface area contributed by atoms with Gasteiger partial charge in [0.25, 0.3) is 0 Å². The summed E-state index contributed by atoms with van der Waals surface area (Å²) >= 11 is 0. The molecule has 286 valence electrons. The molecule has 0 unspecified atom stereocenters. The van der Waals surface area contributed by atoms with E-state index >= 15 is 0 Å². The standard InChI is InChI=1S/C52H30O8/c53-47(33-23-35-19-27-41(28-20-35)57-51(55)39-13-3-1-4-14-39)59-45-31-25-37-11-7-9-17-43(37)49(45)50-44-18-10-8-12-38(44)26-32-46(50)60-48(54)34-24-36-21-29-42(30-22-36)58-52(56)40-15-5-2-6-16-40/h1-22,25-32H. The van der Waals surface area contributed by atoms with Crippen molar-refractivity contribution in [1.29, 1.82) is 0 Å². The van der Waals surface area contributed by atoms with Crippen molar-refractivity contribution in [2.45, 2.75) is 0 Å². The van der Waals surface area contributed by atoms with E-state index in [-0.39, 0.29) is 11.5 Å². The van der Waals surface area contributed by atoms with Crippen LogP contribution in [0.3, 0.4) is 0 Å². The minimum atomic E-state index is -0.823. The second-order valence-electron chi connectivity index (χ2n) is 13.2. The Hall–Kier alpha value is -8.72. The first-order valence-corrected chi connectivity index (χ1v) is 18.6. The molecule has 0 spiro atoms. The molecule has 60 heavy (non-hydrogen) atoms. The van der Waals surface area contributed by atoms with Crippen LogP contribution in [0.25, 0.3) is 32.7 Å². The molecule has 0 radical (unpaired) electrons. The van der Waals surface area contributed by atoms with Gasteiger partial charge in [0, 0.05) is 34.1 Å². The van der Waals surface area contributed by atoms with E-state index in [1.54, 1.807) is 109 Å². The zero-order chi connectivity index (χ0) is 41.3. The second-order valence-corrected chi connectivity index (χ2v) is 13.2. The van der Waals surface area contributed by atoms with E-state index in [9.17, 15) is 19.2 Å². The van der Waals surface area contributed by atoms with Gasteiger partial charge in [-0.2, -0.15) is 0 Å². The molecule has 0 aromatic heterocycles. The van der Waals surface area contributed by atoms with Crippen molar-refractivity contribution in [3.8, 4) is 57.8 Å². The molecule has 0 atom stereocenters. The predicted molar refractivity (Wildman–Crippen MR) is 228 cm³/mol. The van der Waals surface area contributed by atoms with Gasteiger partial charge in [0.05, 0.1) is 11.1 Å². The fraction of sp³-hybridized carbons (Fsp3) is 0. The lowest BCUT2D eigenvalue weighted by molar-refractivity contribution is -0.129. The summed E-state index contributed by atoms with van der Waals surface area (Å²) < 4.78 is 22.8. The van der Waals surface area contributed by atoms with Gasteiger partial charge in [0.1, 0.15) is 23.0 Å². The van der Waals surface area contributed by atoms with Crippen molar-refractivity contribution in [3.63, 3.8) is 0 Å². The zero-order valence-corrected chi connectivity index (χ0v) is 31.6. The van der Waals surface area contributed by atoms with E-state index in [0.717, 1.165) is 21.5 Å². The van der Waals surface area contributed by atoms with Crippen LogP contribution in [0.1, 0.15) is 31.8 Å². The summed E-state index contributed by atoms with van der Waals surface area (Å²) in [5.74, 6) is 9.15. The number of carbonyl (C=O) groups excluding carboxylic acids is 4. The van der Waals surface area contributed by atoms with Crippen LogP contribution < -0.4 is 18.9 Å². The molecule has 0 saturated heterocycles. The highest BCUT2D eigenvalue weighted by Crippen LogP contribution is 2.45. The lowest BCUT2D eigenvalue weighted by Gasteiger charge is -2.17. The van der Waals surface area contributed by atoms with Crippen LogP contribution in [0.4, 0.5) is 0 Å². The molecule has 0 aliphatic rings. The van der Waals surface area contributed by atoms with Crippen LogP contribution in [0.5, 0.6) is 23.0 Å². The average Bonchev–Trinajstić information content (AvgIpc) is 3.29. The van der Waals surface area contributed by atoms with Gasteiger partial charge >= 0.3 is 23.9 Å². The highest BCUT2D eigenvalue weighted by atomic mass is 16.5. The maximum atomic E-state index is 13.4. The molecule has 0 heterocycles. The third-order valence-corrected chi connectivity index (χ3v) is 9.20. The lowest BCUT2D eigenvalue weighted by atomic mass is 9.92. The van der Waals surface area contributed by atoms with Crippen molar-refractivity contribution < 1.29 is 38.1 Å². The predicted octanol–water partition coefficient (Wildman–Crippen LogP) is 10.0. The van der Waals surface area contributed by atoms with Crippen molar-refractivity contribution in [2.75, 3.05) is 0 Å². The molecule has 8 aromatic rings. The summed E-state index contributed by atoms with van der Waals surface area (Å²) in [5, 5.41) is 3.19. The van der Waals surface area contributed by atoms with Crippen molar-refractivity contribution >= 4 is 45.4 Å². The smallest absolute Gasteiger partial charge is 0.390 e. The van der Waals surface area contributed by atoms with Gasteiger partial charge in [-0.05, 0) is 106 Å². The molecular weight excluding hydrogens is 753 g/mol. The SMILES string of the molecule is O=C(C#Cc1ccc(OC(=O)c2ccccc2)cc1)Oc1ccc2ccccc2c1-c1c(OC(=O)C#Cc2ccc(OC(=O)c3ccccc3)cc2)ccc2ccccc12. The normalized spacial score (nSPS) is 10.3. The van der Waals surface area contributed by atoms with E-state index in [1.807, 2.05) is 72.8 Å². The quantitative estimate of drug-likeness (QED) is 0.0894. The number of esters is 4. The van der Waals surface area contributed by atoms with Crippen molar-refractivity contribution in [1.82, 2.24) is 0 Å². The second kappa shape index (κ2) is 17.6. The summed E-state index contributed by atoms with van der Waals surface area (Å²) in [6, 6.07) is 52.4. The molecule has 0 bridgehead atoms. The maximum Gasteiger partial charge on any atom is 0.390 e. The van der Waals surface area contributed by atoms with E-state index in [1.165, 1.54) is 0 Å². The fourth-order valence-electron chi connectivity index (χ4n) is 6.38. The molecule has 0 aliphatic carbocycles. The Morgan fingerprint density at radius 1 is 0.350 bits per heavy atom. The van der Waals surface area contributed by atoms with Gasteiger partial charge in [-0.1, -0.05) is 109 Å². The Morgan fingerprint density at radius 3 is 1.12 bits per heavy atom. The Balaban J connectivity index is 1.05. The number of carbonyl (C=O) groups is 4. The van der Waals surface area contributed by atoms with Crippen LogP contribution in [-0.4, -0.2) is 23.9 Å². The molecule has 0 saturated carbocycles. The van der Waals surface area contributed by atoms with E-state index in [4.69, 9.17) is 18.9 Å².